The van der Waals surface area contributed by atoms with E-state index < -0.39 is 11.5 Å². The number of hydrogen-bond donors (Lipinski definition) is 1. The van der Waals surface area contributed by atoms with E-state index in [9.17, 15) is 20.0 Å². The Labute approximate surface area is 283 Å². The van der Waals surface area contributed by atoms with E-state index in [2.05, 4.69) is 21.0 Å². The van der Waals surface area contributed by atoms with Crippen LogP contribution >= 0.6 is 34.5 Å². The van der Waals surface area contributed by atoms with Crippen molar-refractivity contribution in [1.82, 2.24) is 19.5 Å². The summed E-state index contributed by atoms with van der Waals surface area (Å²) in [5.74, 6) is -0.135. The van der Waals surface area contributed by atoms with Gasteiger partial charge in [0.2, 0.25) is 0 Å². The Morgan fingerprint density at radius 3 is 2.57 bits per heavy atom. The van der Waals surface area contributed by atoms with Gasteiger partial charge >= 0.3 is 5.97 Å². The number of aryl methyl sites for hydroxylation is 3. The van der Waals surface area contributed by atoms with Crippen molar-refractivity contribution in [2.45, 2.75) is 27.3 Å². The lowest BCUT2D eigenvalue weighted by atomic mass is 10.0. The Bertz CT molecular complexity index is 2330. The third-order valence-electron chi connectivity index (χ3n) is 7.78. The lowest BCUT2D eigenvalue weighted by Gasteiger charge is -2.23. The summed E-state index contributed by atoms with van der Waals surface area (Å²) in [7, 11) is 1.76. The number of aromatic carboxylic acids is 1. The molecule has 0 saturated carbocycles. The Balaban J connectivity index is 1.37. The predicted molar refractivity (Wildman–Crippen MR) is 185 cm³/mol. The first-order chi connectivity index (χ1) is 22.5. The van der Waals surface area contributed by atoms with Gasteiger partial charge < -0.3 is 14.7 Å². The number of fused-ring (bicyclic) bond motifs is 2. The second-order valence-corrected chi connectivity index (χ2v) is 12.6. The van der Waals surface area contributed by atoms with Gasteiger partial charge in [0.15, 0.2) is 0 Å². The molecule has 1 N–H and O–H groups in total. The van der Waals surface area contributed by atoms with Gasteiger partial charge in [0.1, 0.15) is 24.3 Å². The highest BCUT2D eigenvalue weighted by Gasteiger charge is 2.23. The maximum absolute atomic E-state index is 14.0. The number of carboxylic acid groups (broad SMARTS) is 1. The van der Waals surface area contributed by atoms with Gasteiger partial charge in [0.05, 0.1) is 61.4 Å². The second-order valence-electron chi connectivity index (χ2n) is 10.9. The van der Waals surface area contributed by atoms with Crippen LogP contribution in [0.5, 0.6) is 5.75 Å². The summed E-state index contributed by atoms with van der Waals surface area (Å²) in [5.41, 5.74) is 4.50. The van der Waals surface area contributed by atoms with Crippen molar-refractivity contribution in [3.63, 3.8) is 0 Å². The van der Waals surface area contributed by atoms with Gasteiger partial charge in [0, 0.05) is 40.0 Å². The van der Waals surface area contributed by atoms with E-state index >= 15 is 0 Å². The number of nitrogens with zero attached hydrogens (tertiary/aromatic N) is 6. The monoisotopic (exact) mass is 684 g/mol. The quantitative estimate of drug-likeness (QED) is 0.171. The Hall–Kier alpha value is -5.02. The van der Waals surface area contributed by atoms with Crippen LogP contribution in [0.1, 0.15) is 33.1 Å². The molecule has 6 rings (SSSR count). The maximum Gasteiger partial charge on any atom is 0.338 e. The SMILES string of the molecule is Cc1ccc(N(C)c2c(Cl)cc3nc(C)n(CCOc4ccc(Cl)cc4-c4cc(C)nc5c(C(=O)O)csc45)c(=O)c3c2C#N)cn1. The van der Waals surface area contributed by atoms with Crippen LogP contribution < -0.4 is 15.2 Å². The van der Waals surface area contributed by atoms with Crippen molar-refractivity contribution in [2.24, 2.45) is 0 Å². The van der Waals surface area contributed by atoms with E-state index in [4.69, 9.17) is 27.9 Å². The molecule has 0 radical (unpaired) electrons. The average molecular weight is 686 g/mol. The fraction of sp³-hybridized carbons (Fsp3) is 0.176. The van der Waals surface area contributed by atoms with Gasteiger partial charge in [-0.2, -0.15) is 5.26 Å². The van der Waals surface area contributed by atoms with Crippen molar-refractivity contribution in [3.05, 3.63) is 103 Å². The summed E-state index contributed by atoms with van der Waals surface area (Å²) < 4.78 is 8.40. The molecule has 0 aliphatic heterocycles. The molecule has 0 spiro atoms. The minimum atomic E-state index is -1.06. The van der Waals surface area contributed by atoms with Crippen LogP contribution in [0.3, 0.4) is 0 Å². The molecule has 4 aromatic heterocycles. The molecule has 0 bridgehead atoms. The van der Waals surface area contributed by atoms with Gasteiger partial charge in [0.25, 0.3) is 5.56 Å². The number of hydrogen-bond acceptors (Lipinski definition) is 9. The van der Waals surface area contributed by atoms with E-state index in [0.29, 0.717) is 55.0 Å². The molecule has 13 heteroatoms. The van der Waals surface area contributed by atoms with Crippen LogP contribution in [0.15, 0.2) is 58.8 Å². The molecule has 6 aromatic rings. The largest absolute Gasteiger partial charge is 0.491 e. The molecule has 4 heterocycles. The van der Waals surface area contributed by atoms with Crippen molar-refractivity contribution in [3.8, 4) is 22.9 Å². The van der Waals surface area contributed by atoms with Gasteiger partial charge in [-0.1, -0.05) is 23.2 Å². The van der Waals surface area contributed by atoms with Crippen LogP contribution in [-0.2, 0) is 6.54 Å². The third-order valence-corrected chi connectivity index (χ3v) is 9.31. The number of carbonyl (C=O) groups is 1. The average Bonchev–Trinajstić information content (AvgIpc) is 3.46. The number of anilines is 2. The lowest BCUT2D eigenvalue weighted by Crippen LogP contribution is -2.27. The first-order valence-electron chi connectivity index (χ1n) is 14.3. The van der Waals surface area contributed by atoms with Crippen LogP contribution in [0.25, 0.3) is 32.2 Å². The molecule has 0 aliphatic carbocycles. The number of aromatic nitrogens is 4. The van der Waals surface area contributed by atoms with Gasteiger partial charge in [-0.25, -0.2) is 9.78 Å². The fourth-order valence-electron chi connectivity index (χ4n) is 5.51. The number of thiophene rings is 1. The van der Waals surface area contributed by atoms with E-state index in [1.165, 1.54) is 15.9 Å². The van der Waals surface area contributed by atoms with Gasteiger partial charge in [-0.05, 0) is 63.2 Å². The predicted octanol–water partition coefficient (Wildman–Crippen LogP) is 7.72. The summed E-state index contributed by atoms with van der Waals surface area (Å²) in [4.78, 5) is 41.0. The number of pyridine rings is 2. The molecule has 0 aliphatic rings. The molecule has 236 valence electrons. The smallest absolute Gasteiger partial charge is 0.338 e. The zero-order valence-corrected chi connectivity index (χ0v) is 28.0. The van der Waals surface area contributed by atoms with Crippen LogP contribution in [-0.4, -0.2) is 44.2 Å². The highest BCUT2D eigenvalue weighted by atomic mass is 35.5. The minimum absolute atomic E-state index is 0.0812. The lowest BCUT2D eigenvalue weighted by molar-refractivity contribution is 0.0699. The zero-order chi connectivity index (χ0) is 33.6. The molecule has 10 nitrogen and oxygen atoms in total. The molecular weight excluding hydrogens is 659 g/mol. The van der Waals surface area contributed by atoms with Crippen LogP contribution in [0.2, 0.25) is 10.0 Å². The molecule has 0 saturated heterocycles. The van der Waals surface area contributed by atoms with E-state index in [1.54, 1.807) is 61.6 Å². The molecule has 47 heavy (non-hydrogen) atoms. The van der Waals surface area contributed by atoms with Crippen molar-refractivity contribution >= 4 is 73.0 Å². The third kappa shape index (κ3) is 5.87. The zero-order valence-electron chi connectivity index (χ0n) is 25.6. The number of rotatable bonds is 8. The second kappa shape index (κ2) is 12.6. The van der Waals surface area contributed by atoms with E-state index in [-0.39, 0.29) is 34.7 Å². The summed E-state index contributed by atoms with van der Waals surface area (Å²) in [6, 6.07) is 14.5. The number of carboxylic acids is 1. The summed E-state index contributed by atoms with van der Waals surface area (Å²) >= 11 is 14.4. The highest BCUT2D eigenvalue weighted by Crippen LogP contribution is 2.41. The number of halogens is 2. The molecular formula is C34H26Cl2N6O4S. The number of nitriles is 1. The van der Waals surface area contributed by atoms with Crippen molar-refractivity contribution in [1.29, 1.82) is 5.26 Å². The number of ether oxygens (including phenoxy) is 1. The van der Waals surface area contributed by atoms with Crippen LogP contribution in [0, 0.1) is 32.1 Å². The molecule has 2 aromatic carbocycles. The van der Waals surface area contributed by atoms with Crippen molar-refractivity contribution in [2.75, 3.05) is 18.6 Å². The minimum Gasteiger partial charge on any atom is -0.491 e. The fourth-order valence-corrected chi connectivity index (χ4v) is 7.02. The molecule has 0 atom stereocenters. The first kappa shape index (κ1) is 31.9. The highest BCUT2D eigenvalue weighted by molar-refractivity contribution is 7.18. The van der Waals surface area contributed by atoms with E-state index in [0.717, 1.165) is 11.3 Å². The van der Waals surface area contributed by atoms with Crippen molar-refractivity contribution < 1.29 is 14.6 Å². The van der Waals surface area contributed by atoms with Crippen LogP contribution in [0.4, 0.5) is 11.4 Å². The molecule has 0 fully saturated rings. The van der Waals surface area contributed by atoms with Gasteiger partial charge in [-0.3, -0.25) is 19.3 Å². The topological polar surface area (TPSA) is 134 Å². The van der Waals surface area contributed by atoms with Gasteiger partial charge in [-0.15, -0.1) is 11.3 Å². The molecule has 0 amide bonds. The summed E-state index contributed by atoms with van der Waals surface area (Å²) in [5, 5.41) is 22.4. The normalized spacial score (nSPS) is 11.2. The Morgan fingerprint density at radius 2 is 1.87 bits per heavy atom. The number of benzene rings is 2. The standard InChI is InChI=1S/C34H26Cl2N6O4S/c1-17-5-7-21(15-38-17)41(4)31-24(14-37)29-27(13-26(31)36)40-19(3)42(33(29)43)9-10-46-28-8-6-20(35)12-22(28)23-11-18(2)39-30-25(34(44)45)16-47-32(23)30/h5-8,11-13,15-16H,9-10H2,1-4H3,(H,44,45). The Morgan fingerprint density at radius 1 is 1.09 bits per heavy atom. The Kier molecular flexibility index (Phi) is 8.59. The molecule has 0 unspecified atom stereocenters. The summed E-state index contributed by atoms with van der Waals surface area (Å²) in [6.45, 7) is 5.59. The van der Waals surface area contributed by atoms with E-state index in [1.807, 2.05) is 25.1 Å². The maximum atomic E-state index is 14.0. The first-order valence-corrected chi connectivity index (χ1v) is 16.0. The summed E-state index contributed by atoms with van der Waals surface area (Å²) in [6.07, 6.45) is 1.67.